The van der Waals surface area contributed by atoms with Gasteiger partial charge in [-0.25, -0.2) is 9.59 Å². The van der Waals surface area contributed by atoms with Crippen molar-refractivity contribution >= 4 is 18.0 Å². The summed E-state index contributed by atoms with van der Waals surface area (Å²) in [5.41, 5.74) is -1.73. The summed E-state index contributed by atoms with van der Waals surface area (Å²) in [7, 11) is 0. The van der Waals surface area contributed by atoms with E-state index in [9.17, 15) is 19.5 Å². The van der Waals surface area contributed by atoms with Crippen LogP contribution in [0.5, 0.6) is 0 Å². The van der Waals surface area contributed by atoms with Crippen molar-refractivity contribution in [3.8, 4) is 0 Å². The molecule has 8 heteroatoms. The van der Waals surface area contributed by atoms with E-state index < -0.39 is 29.4 Å². The smallest absolute Gasteiger partial charge is 0.410 e. The highest BCUT2D eigenvalue weighted by atomic mass is 16.6. The average molecular weight is 341 g/mol. The van der Waals surface area contributed by atoms with Crippen LogP contribution in [0, 0.1) is 0 Å². The van der Waals surface area contributed by atoms with E-state index in [1.807, 2.05) is 0 Å². The maximum absolute atomic E-state index is 12.8. The number of carbonyl (C=O) groups excluding carboxylic acids is 3. The molecule has 24 heavy (non-hydrogen) atoms. The topological polar surface area (TPSA) is 99.2 Å². The number of nitrogens with one attached hydrogen (secondary N) is 1. The van der Waals surface area contributed by atoms with Crippen LogP contribution in [-0.4, -0.2) is 69.8 Å². The lowest BCUT2D eigenvalue weighted by atomic mass is 9.89. The SMILES string of the molecule is CCC(O)CN1C(=O)NC2(CCCN(C(=O)OC(C)(C)C)C2)C1=O. The summed E-state index contributed by atoms with van der Waals surface area (Å²) in [6.45, 7) is 7.66. The number of piperidine rings is 1. The van der Waals surface area contributed by atoms with Crippen LogP contribution in [0.2, 0.25) is 0 Å². The van der Waals surface area contributed by atoms with Gasteiger partial charge in [0.1, 0.15) is 11.1 Å². The maximum atomic E-state index is 12.8. The number of likely N-dealkylation sites (tertiary alicyclic amines) is 1. The molecule has 136 valence electrons. The molecule has 0 bridgehead atoms. The number of nitrogens with zero attached hydrogens (tertiary/aromatic N) is 2. The van der Waals surface area contributed by atoms with Crippen LogP contribution in [0.1, 0.15) is 47.0 Å². The zero-order valence-corrected chi connectivity index (χ0v) is 14.8. The van der Waals surface area contributed by atoms with E-state index in [4.69, 9.17) is 4.74 Å². The summed E-state index contributed by atoms with van der Waals surface area (Å²) in [4.78, 5) is 39.7. The fourth-order valence-corrected chi connectivity index (χ4v) is 3.00. The number of imide groups is 1. The van der Waals surface area contributed by atoms with E-state index in [1.165, 1.54) is 4.90 Å². The number of β-amino-alcohol motifs (C(OH)–C–C–N with tert-alkyl or cyclic N) is 1. The molecule has 2 saturated heterocycles. The molecule has 2 fully saturated rings. The molecule has 0 aromatic heterocycles. The van der Waals surface area contributed by atoms with Crippen LogP contribution in [0.25, 0.3) is 0 Å². The van der Waals surface area contributed by atoms with Crippen molar-refractivity contribution in [3.05, 3.63) is 0 Å². The number of amides is 4. The first-order valence-corrected chi connectivity index (χ1v) is 8.38. The third-order valence-electron chi connectivity index (χ3n) is 4.25. The molecule has 0 radical (unpaired) electrons. The first kappa shape index (κ1) is 18.5. The molecule has 1 spiro atoms. The van der Waals surface area contributed by atoms with Gasteiger partial charge in [-0.1, -0.05) is 6.92 Å². The quantitative estimate of drug-likeness (QED) is 0.748. The van der Waals surface area contributed by atoms with Crippen molar-refractivity contribution in [1.82, 2.24) is 15.1 Å². The van der Waals surface area contributed by atoms with Crippen LogP contribution >= 0.6 is 0 Å². The summed E-state index contributed by atoms with van der Waals surface area (Å²) in [6.07, 6.45) is 0.273. The van der Waals surface area contributed by atoms with Crippen LogP contribution in [0.3, 0.4) is 0 Å². The number of hydrogen-bond donors (Lipinski definition) is 2. The number of hydrogen-bond acceptors (Lipinski definition) is 5. The summed E-state index contributed by atoms with van der Waals surface area (Å²) in [5, 5.41) is 12.5. The molecule has 2 rings (SSSR count). The molecule has 0 aromatic rings. The van der Waals surface area contributed by atoms with E-state index in [1.54, 1.807) is 27.7 Å². The van der Waals surface area contributed by atoms with Crippen molar-refractivity contribution in [2.75, 3.05) is 19.6 Å². The van der Waals surface area contributed by atoms with Gasteiger partial charge < -0.3 is 20.1 Å². The van der Waals surface area contributed by atoms with Crippen molar-refractivity contribution < 1.29 is 24.2 Å². The van der Waals surface area contributed by atoms with Crippen LogP contribution < -0.4 is 5.32 Å². The molecule has 0 aromatic carbocycles. The van der Waals surface area contributed by atoms with Gasteiger partial charge in [-0.3, -0.25) is 9.69 Å². The Labute approximate surface area is 142 Å². The number of carbonyl (C=O) groups is 3. The van der Waals surface area contributed by atoms with Crippen molar-refractivity contribution in [3.63, 3.8) is 0 Å². The second kappa shape index (κ2) is 6.58. The molecule has 2 heterocycles. The molecule has 0 saturated carbocycles. The van der Waals surface area contributed by atoms with E-state index in [2.05, 4.69) is 5.32 Å². The largest absolute Gasteiger partial charge is 0.444 e. The molecule has 0 aliphatic carbocycles. The van der Waals surface area contributed by atoms with Crippen molar-refractivity contribution in [2.45, 2.75) is 64.2 Å². The van der Waals surface area contributed by atoms with Gasteiger partial charge in [-0.05, 0) is 40.0 Å². The minimum absolute atomic E-state index is 0.0324. The third-order valence-corrected chi connectivity index (χ3v) is 4.25. The first-order valence-electron chi connectivity index (χ1n) is 8.38. The Bertz CT molecular complexity index is 530. The number of rotatable bonds is 3. The van der Waals surface area contributed by atoms with Crippen LogP contribution in [-0.2, 0) is 9.53 Å². The van der Waals surface area contributed by atoms with Crippen molar-refractivity contribution in [1.29, 1.82) is 0 Å². The monoisotopic (exact) mass is 341 g/mol. The molecule has 8 nitrogen and oxygen atoms in total. The molecular formula is C16H27N3O5. The predicted molar refractivity (Wildman–Crippen MR) is 86.3 cm³/mol. The van der Waals surface area contributed by atoms with Gasteiger partial charge in [0.15, 0.2) is 0 Å². The zero-order valence-electron chi connectivity index (χ0n) is 14.8. The van der Waals surface area contributed by atoms with Gasteiger partial charge >= 0.3 is 12.1 Å². The van der Waals surface area contributed by atoms with Gasteiger partial charge in [0.05, 0.1) is 19.2 Å². The highest BCUT2D eigenvalue weighted by Gasteiger charge is 2.54. The lowest BCUT2D eigenvalue weighted by molar-refractivity contribution is -0.134. The second-order valence-electron chi connectivity index (χ2n) is 7.50. The average Bonchev–Trinajstić information content (AvgIpc) is 2.69. The summed E-state index contributed by atoms with van der Waals surface area (Å²) < 4.78 is 5.36. The summed E-state index contributed by atoms with van der Waals surface area (Å²) in [6, 6.07) is -0.515. The molecule has 2 aliphatic heterocycles. The molecule has 2 unspecified atom stereocenters. The fraction of sp³-hybridized carbons (Fsp3) is 0.812. The van der Waals surface area contributed by atoms with E-state index in [-0.39, 0.29) is 19.0 Å². The van der Waals surface area contributed by atoms with Gasteiger partial charge in [-0.15, -0.1) is 0 Å². The number of urea groups is 1. The summed E-state index contributed by atoms with van der Waals surface area (Å²) in [5.74, 6) is -0.381. The predicted octanol–water partition coefficient (Wildman–Crippen LogP) is 1.08. The molecule has 2 atom stereocenters. The highest BCUT2D eigenvalue weighted by molar-refractivity contribution is 6.07. The molecule has 2 aliphatic rings. The summed E-state index contributed by atoms with van der Waals surface area (Å²) >= 11 is 0. The Morgan fingerprint density at radius 1 is 1.42 bits per heavy atom. The lowest BCUT2D eigenvalue weighted by Gasteiger charge is -2.38. The van der Waals surface area contributed by atoms with E-state index in [0.29, 0.717) is 25.8 Å². The number of ether oxygens (including phenoxy) is 1. The zero-order chi connectivity index (χ0) is 18.1. The Balaban J connectivity index is 2.11. The Morgan fingerprint density at radius 3 is 2.67 bits per heavy atom. The Morgan fingerprint density at radius 2 is 2.08 bits per heavy atom. The highest BCUT2D eigenvalue weighted by Crippen LogP contribution is 2.29. The first-order chi connectivity index (χ1) is 11.1. The molecule has 2 N–H and O–H groups in total. The van der Waals surface area contributed by atoms with E-state index >= 15 is 0 Å². The Hall–Kier alpha value is -1.83. The molecule has 4 amide bonds. The minimum atomic E-state index is -1.11. The van der Waals surface area contributed by atoms with E-state index in [0.717, 1.165) is 4.90 Å². The van der Waals surface area contributed by atoms with Crippen LogP contribution in [0.15, 0.2) is 0 Å². The van der Waals surface area contributed by atoms with Crippen molar-refractivity contribution in [2.24, 2.45) is 0 Å². The Kier molecular flexibility index (Phi) is 5.08. The minimum Gasteiger partial charge on any atom is -0.444 e. The van der Waals surface area contributed by atoms with Crippen LogP contribution in [0.4, 0.5) is 9.59 Å². The standard InChI is InChI=1S/C16H27N3O5/c1-5-11(20)9-19-12(21)16(17-13(19)22)7-6-8-18(10-16)14(23)24-15(2,3)4/h11,20H,5-10H2,1-4H3,(H,17,22). The lowest BCUT2D eigenvalue weighted by Crippen LogP contribution is -2.60. The van der Waals surface area contributed by atoms with Gasteiger partial charge in [0, 0.05) is 6.54 Å². The second-order valence-corrected chi connectivity index (χ2v) is 7.50. The van der Waals surface area contributed by atoms with Gasteiger partial charge in [0.2, 0.25) is 0 Å². The normalized spacial score (nSPS) is 25.9. The molecular weight excluding hydrogens is 314 g/mol. The fourth-order valence-electron chi connectivity index (χ4n) is 3.00. The van der Waals surface area contributed by atoms with Gasteiger partial charge in [0.25, 0.3) is 5.91 Å². The van der Waals surface area contributed by atoms with Gasteiger partial charge in [-0.2, -0.15) is 0 Å². The number of aliphatic hydroxyl groups is 1. The maximum Gasteiger partial charge on any atom is 0.410 e. The third kappa shape index (κ3) is 3.80. The number of aliphatic hydroxyl groups excluding tert-OH is 1.